The van der Waals surface area contributed by atoms with Crippen molar-refractivity contribution in [1.82, 2.24) is 16.0 Å². The average Bonchev–Trinajstić information content (AvgIpc) is 2.71. The molecule has 0 bridgehead atoms. The van der Waals surface area contributed by atoms with Crippen molar-refractivity contribution in [3.8, 4) is 0 Å². The van der Waals surface area contributed by atoms with Gasteiger partial charge in [0.2, 0.25) is 29.5 Å². The van der Waals surface area contributed by atoms with E-state index >= 15 is 0 Å². The fourth-order valence-electron chi connectivity index (χ4n) is 2.70. The van der Waals surface area contributed by atoms with Crippen molar-refractivity contribution in [1.29, 1.82) is 0 Å². The van der Waals surface area contributed by atoms with Gasteiger partial charge in [-0.05, 0) is 25.2 Å². The van der Waals surface area contributed by atoms with Crippen LogP contribution in [0.25, 0.3) is 0 Å². The normalized spacial score (nSPS) is 14.5. The number of hydrogen-bond acceptors (Lipinski definition) is 8. The quantitative estimate of drug-likeness (QED) is 0.106. The summed E-state index contributed by atoms with van der Waals surface area (Å²) in [4.78, 5) is 71.1. The van der Waals surface area contributed by atoms with Crippen molar-refractivity contribution < 1.29 is 33.9 Å². The second-order valence-corrected chi connectivity index (χ2v) is 8.32. The fraction of sp³-hybridized carbons (Fsp3) is 0.684. The van der Waals surface area contributed by atoms with Gasteiger partial charge < -0.3 is 38.3 Å². The Balaban J connectivity index is 5.46. The molecule has 0 aliphatic carbocycles. The second-order valence-electron chi connectivity index (χ2n) is 7.95. The molecule has 0 aromatic rings. The van der Waals surface area contributed by atoms with Gasteiger partial charge in [-0.15, -0.1) is 0 Å². The first-order valence-corrected chi connectivity index (χ1v) is 11.0. The molecule has 4 atom stereocenters. The minimum atomic E-state index is -1.29. The van der Waals surface area contributed by atoms with Gasteiger partial charge in [-0.1, -0.05) is 13.8 Å². The van der Waals surface area contributed by atoms with E-state index < -0.39 is 59.7 Å². The maximum absolute atomic E-state index is 12.9. The van der Waals surface area contributed by atoms with Crippen LogP contribution in [0.15, 0.2) is 0 Å². The molecule has 0 spiro atoms. The number of primary amides is 2. The van der Waals surface area contributed by atoms with Crippen LogP contribution < -0.4 is 33.2 Å². The van der Waals surface area contributed by atoms with Gasteiger partial charge in [0.15, 0.2) is 0 Å². The Morgan fingerprint density at radius 2 is 1.24 bits per heavy atom. The lowest BCUT2D eigenvalue weighted by atomic mass is 10.0. The lowest BCUT2D eigenvalue weighted by Crippen LogP contribution is -2.57. The molecule has 13 nitrogen and oxygen atoms in total. The lowest BCUT2D eigenvalue weighted by molar-refractivity contribution is -0.141. The van der Waals surface area contributed by atoms with Crippen LogP contribution in [0.4, 0.5) is 0 Å². The Labute approximate surface area is 197 Å². The minimum Gasteiger partial charge on any atom is -0.480 e. The van der Waals surface area contributed by atoms with E-state index in [4.69, 9.17) is 22.3 Å². The van der Waals surface area contributed by atoms with Crippen molar-refractivity contribution in [3.05, 3.63) is 0 Å². The topological polar surface area (TPSA) is 237 Å². The summed E-state index contributed by atoms with van der Waals surface area (Å²) in [7, 11) is 0. The first kappa shape index (κ1) is 30.1. The van der Waals surface area contributed by atoms with Crippen LogP contribution in [0, 0.1) is 5.92 Å². The van der Waals surface area contributed by atoms with Crippen molar-refractivity contribution in [3.63, 3.8) is 0 Å². The van der Waals surface area contributed by atoms with E-state index in [0.717, 1.165) is 0 Å². The summed E-state index contributed by atoms with van der Waals surface area (Å²) in [6.45, 7) is 3.59. The van der Waals surface area contributed by atoms with Crippen LogP contribution in [0.3, 0.4) is 0 Å². The summed E-state index contributed by atoms with van der Waals surface area (Å²) < 4.78 is 0. The Morgan fingerprint density at radius 3 is 1.70 bits per heavy atom. The maximum atomic E-state index is 12.9. The monoisotopic (exact) mass is 490 g/mol. The molecule has 5 amide bonds. The summed E-state index contributed by atoms with van der Waals surface area (Å²) in [6.07, 6.45) is -0.426. The van der Waals surface area contributed by atoms with Gasteiger partial charge in [-0.25, -0.2) is 4.79 Å². The van der Waals surface area contributed by atoms with Gasteiger partial charge in [0, 0.05) is 18.6 Å². The van der Waals surface area contributed by atoms with Crippen LogP contribution in [0.5, 0.6) is 0 Å². The molecular formula is C19H34N6O7S. The molecule has 0 fully saturated rings. The molecule has 0 saturated heterocycles. The standard InChI is InChI=1S/C19H34N6O7S/c1-9(2)7-12(18(30)25-13(8-33)19(31)32)24-17(29)11(4-6-15(22)27)23-16(28)10(20)3-5-14(21)26/h9-13,33H,3-8,20H2,1-2H3,(H2,21,26)(H2,22,27)(H,23,28)(H,24,29)(H,25,30)(H,31,32). The van der Waals surface area contributed by atoms with Gasteiger partial charge in [-0.3, -0.25) is 24.0 Å². The zero-order valence-corrected chi connectivity index (χ0v) is 19.6. The third-order valence-electron chi connectivity index (χ3n) is 4.49. The highest BCUT2D eigenvalue weighted by Gasteiger charge is 2.30. The molecule has 0 aromatic heterocycles. The molecule has 0 saturated carbocycles. The number of rotatable bonds is 16. The summed E-state index contributed by atoms with van der Waals surface area (Å²) in [5.41, 5.74) is 15.9. The van der Waals surface area contributed by atoms with E-state index in [1.165, 1.54) is 0 Å². The van der Waals surface area contributed by atoms with Crippen molar-refractivity contribution in [2.24, 2.45) is 23.1 Å². The molecule has 0 radical (unpaired) electrons. The van der Waals surface area contributed by atoms with E-state index in [0.29, 0.717) is 0 Å². The Kier molecular flexibility index (Phi) is 13.7. The van der Waals surface area contributed by atoms with Crippen LogP contribution in [-0.2, 0) is 28.8 Å². The zero-order chi connectivity index (χ0) is 25.7. The summed E-state index contributed by atoms with van der Waals surface area (Å²) in [6, 6.07) is -4.77. The van der Waals surface area contributed by atoms with Crippen molar-refractivity contribution >= 4 is 48.1 Å². The number of hydrogen-bond donors (Lipinski definition) is 8. The Hall–Kier alpha value is -2.87. The van der Waals surface area contributed by atoms with Crippen LogP contribution >= 0.6 is 12.6 Å². The number of amides is 5. The number of aliphatic carboxylic acids is 1. The highest BCUT2D eigenvalue weighted by atomic mass is 32.1. The average molecular weight is 491 g/mol. The maximum Gasteiger partial charge on any atom is 0.327 e. The molecule has 0 aliphatic heterocycles. The zero-order valence-electron chi connectivity index (χ0n) is 18.7. The summed E-state index contributed by atoms with van der Waals surface area (Å²) in [5.74, 6) is -5.15. The molecule has 0 rings (SSSR count). The molecule has 4 unspecified atom stereocenters. The molecule has 0 heterocycles. The van der Waals surface area contributed by atoms with E-state index in [-0.39, 0.29) is 43.8 Å². The fourth-order valence-corrected chi connectivity index (χ4v) is 2.94. The number of nitrogens with one attached hydrogen (secondary N) is 3. The highest BCUT2D eigenvalue weighted by molar-refractivity contribution is 7.80. The molecule has 10 N–H and O–H groups in total. The first-order chi connectivity index (χ1) is 15.3. The molecule has 0 aromatic carbocycles. The van der Waals surface area contributed by atoms with Gasteiger partial charge >= 0.3 is 5.97 Å². The van der Waals surface area contributed by atoms with Gasteiger partial charge in [0.1, 0.15) is 18.1 Å². The number of carbonyl (C=O) groups excluding carboxylic acids is 5. The number of carboxylic acids is 1. The van der Waals surface area contributed by atoms with E-state index in [2.05, 4.69) is 28.6 Å². The Morgan fingerprint density at radius 1 is 0.788 bits per heavy atom. The number of carboxylic acid groups (broad SMARTS) is 1. The molecular weight excluding hydrogens is 456 g/mol. The van der Waals surface area contributed by atoms with Crippen molar-refractivity contribution in [2.45, 2.75) is 70.1 Å². The lowest BCUT2D eigenvalue weighted by Gasteiger charge is -2.25. The first-order valence-electron chi connectivity index (χ1n) is 10.3. The van der Waals surface area contributed by atoms with E-state index in [9.17, 15) is 28.8 Å². The molecule has 188 valence electrons. The van der Waals surface area contributed by atoms with Crippen LogP contribution in [0.2, 0.25) is 0 Å². The summed E-state index contributed by atoms with van der Waals surface area (Å²) in [5, 5.41) is 16.3. The summed E-state index contributed by atoms with van der Waals surface area (Å²) >= 11 is 3.89. The Bertz CT molecular complexity index is 733. The second kappa shape index (κ2) is 15.1. The smallest absolute Gasteiger partial charge is 0.327 e. The van der Waals surface area contributed by atoms with Crippen LogP contribution in [-0.4, -0.2) is 70.5 Å². The van der Waals surface area contributed by atoms with Gasteiger partial charge in [0.25, 0.3) is 0 Å². The number of nitrogens with two attached hydrogens (primary N) is 3. The van der Waals surface area contributed by atoms with Crippen LogP contribution in [0.1, 0.15) is 46.0 Å². The van der Waals surface area contributed by atoms with E-state index in [1.54, 1.807) is 13.8 Å². The van der Waals surface area contributed by atoms with E-state index in [1.807, 2.05) is 0 Å². The third kappa shape index (κ3) is 12.7. The number of thiol groups is 1. The predicted octanol–water partition coefficient (Wildman–Crippen LogP) is -2.64. The van der Waals surface area contributed by atoms with Gasteiger partial charge in [-0.2, -0.15) is 12.6 Å². The molecule has 14 heteroatoms. The highest BCUT2D eigenvalue weighted by Crippen LogP contribution is 2.08. The third-order valence-corrected chi connectivity index (χ3v) is 4.85. The predicted molar refractivity (Wildman–Crippen MR) is 122 cm³/mol. The largest absolute Gasteiger partial charge is 0.480 e. The van der Waals surface area contributed by atoms with Crippen molar-refractivity contribution in [2.75, 3.05) is 5.75 Å². The SMILES string of the molecule is CC(C)CC(NC(=O)C(CCC(N)=O)NC(=O)C(N)CCC(N)=O)C(=O)NC(CS)C(=O)O. The minimum absolute atomic E-state index is 0.0516. The molecule has 33 heavy (non-hydrogen) atoms. The number of carbonyl (C=O) groups is 6. The molecule has 0 aliphatic rings. The van der Waals surface area contributed by atoms with Gasteiger partial charge in [0.05, 0.1) is 6.04 Å².